The van der Waals surface area contributed by atoms with Gasteiger partial charge in [0.1, 0.15) is 5.76 Å². The van der Waals surface area contributed by atoms with E-state index in [0.29, 0.717) is 12.4 Å². The highest BCUT2D eigenvalue weighted by molar-refractivity contribution is 6.44. The van der Waals surface area contributed by atoms with E-state index >= 15 is 0 Å². The average Bonchev–Trinajstić information content (AvgIpc) is 2.17. The molecule has 0 heterocycles. The number of ether oxygens (including phenoxy) is 1. The summed E-state index contributed by atoms with van der Waals surface area (Å²) in [6, 6.07) is 0.955. The van der Waals surface area contributed by atoms with Crippen LogP contribution in [-0.2, 0) is 13.6 Å². The monoisotopic (exact) mass is 216 g/mol. The van der Waals surface area contributed by atoms with Crippen molar-refractivity contribution >= 4 is 9.28 Å². The fourth-order valence-electron chi connectivity index (χ4n) is 0.900. The van der Waals surface area contributed by atoms with Crippen molar-refractivity contribution < 1.29 is 13.6 Å². The summed E-state index contributed by atoms with van der Waals surface area (Å²) in [7, 11) is 1.97. The van der Waals surface area contributed by atoms with E-state index in [2.05, 4.69) is 13.2 Å². The third-order valence-corrected chi connectivity index (χ3v) is 3.79. The molecular formula is C10H20O3Si. The molecule has 0 amide bonds. The molecule has 0 aliphatic carbocycles. The van der Waals surface area contributed by atoms with Crippen LogP contribution in [0.15, 0.2) is 24.5 Å². The van der Waals surface area contributed by atoms with Crippen LogP contribution in [0.25, 0.3) is 0 Å². The van der Waals surface area contributed by atoms with Crippen molar-refractivity contribution in [1.82, 2.24) is 0 Å². The van der Waals surface area contributed by atoms with Crippen LogP contribution in [0.5, 0.6) is 0 Å². The van der Waals surface area contributed by atoms with E-state index in [0.717, 1.165) is 18.0 Å². The van der Waals surface area contributed by atoms with Crippen molar-refractivity contribution in [1.29, 1.82) is 0 Å². The van der Waals surface area contributed by atoms with E-state index in [4.69, 9.17) is 13.6 Å². The maximum Gasteiger partial charge on any atom is 0.321 e. The SMILES string of the molecule is C=C(C)C(=C)OCCC[SiH](OC)OC. The topological polar surface area (TPSA) is 27.7 Å². The smallest absolute Gasteiger partial charge is 0.321 e. The first-order valence-electron chi connectivity index (χ1n) is 4.65. The van der Waals surface area contributed by atoms with Gasteiger partial charge < -0.3 is 13.6 Å². The first-order valence-corrected chi connectivity index (χ1v) is 6.41. The first kappa shape index (κ1) is 13.4. The van der Waals surface area contributed by atoms with E-state index in [-0.39, 0.29) is 0 Å². The molecule has 0 fully saturated rings. The number of allylic oxidation sites excluding steroid dienone is 1. The molecule has 4 heteroatoms. The van der Waals surface area contributed by atoms with Crippen molar-refractivity contribution in [3.05, 3.63) is 24.5 Å². The maximum absolute atomic E-state index is 5.36. The van der Waals surface area contributed by atoms with Gasteiger partial charge in [0.05, 0.1) is 6.61 Å². The Morgan fingerprint density at radius 2 is 1.79 bits per heavy atom. The van der Waals surface area contributed by atoms with Crippen molar-refractivity contribution in [2.45, 2.75) is 19.4 Å². The van der Waals surface area contributed by atoms with Gasteiger partial charge >= 0.3 is 9.28 Å². The molecule has 0 rings (SSSR count). The van der Waals surface area contributed by atoms with Crippen LogP contribution >= 0.6 is 0 Å². The molecule has 0 aromatic heterocycles. The zero-order chi connectivity index (χ0) is 11.0. The molecule has 0 N–H and O–H groups in total. The predicted octanol–water partition coefficient (Wildman–Crippen LogP) is 2.00. The molecule has 0 aromatic carbocycles. The quantitative estimate of drug-likeness (QED) is 0.269. The summed E-state index contributed by atoms with van der Waals surface area (Å²) >= 11 is 0. The van der Waals surface area contributed by atoms with Crippen LogP contribution in [-0.4, -0.2) is 30.1 Å². The van der Waals surface area contributed by atoms with E-state index in [1.807, 2.05) is 6.92 Å². The van der Waals surface area contributed by atoms with E-state index in [9.17, 15) is 0 Å². The largest absolute Gasteiger partial charge is 0.494 e. The first-order chi connectivity index (χ1) is 6.61. The van der Waals surface area contributed by atoms with Gasteiger partial charge in [-0.2, -0.15) is 0 Å². The van der Waals surface area contributed by atoms with Gasteiger partial charge in [-0.15, -0.1) is 0 Å². The molecule has 0 spiro atoms. The molecule has 0 atom stereocenters. The summed E-state index contributed by atoms with van der Waals surface area (Å²) in [5.41, 5.74) is 0.872. The van der Waals surface area contributed by atoms with Gasteiger partial charge in [-0.1, -0.05) is 13.2 Å². The summed E-state index contributed by atoms with van der Waals surface area (Å²) in [6.07, 6.45) is 0.935. The van der Waals surface area contributed by atoms with Gasteiger partial charge in [-0.05, 0) is 25.0 Å². The van der Waals surface area contributed by atoms with Gasteiger partial charge in [0.15, 0.2) is 0 Å². The molecule has 14 heavy (non-hydrogen) atoms. The summed E-state index contributed by atoms with van der Waals surface area (Å²) in [4.78, 5) is 0. The summed E-state index contributed by atoms with van der Waals surface area (Å²) in [6.45, 7) is 10.0. The maximum atomic E-state index is 5.36. The standard InChI is InChI=1S/C10H20O3Si/c1-9(2)10(3)13-7-6-8-14(11-4)12-5/h14H,1,3,6-8H2,2,4-5H3. The van der Waals surface area contributed by atoms with Crippen LogP contribution in [0.3, 0.4) is 0 Å². The van der Waals surface area contributed by atoms with E-state index in [1.54, 1.807) is 14.2 Å². The van der Waals surface area contributed by atoms with Crippen LogP contribution in [0.2, 0.25) is 6.04 Å². The van der Waals surface area contributed by atoms with Gasteiger partial charge in [0.2, 0.25) is 0 Å². The molecule has 0 aliphatic heterocycles. The lowest BCUT2D eigenvalue weighted by Gasteiger charge is -2.12. The lowest BCUT2D eigenvalue weighted by atomic mass is 10.3. The second-order valence-corrected chi connectivity index (χ2v) is 5.47. The highest BCUT2D eigenvalue weighted by Crippen LogP contribution is 2.07. The highest BCUT2D eigenvalue weighted by Gasteiger charge is 2.08. The third kappa shape index (κ3) is 5.96. The molecule has 0 radical (unpaired) electrons. The van der Waals surface area contributed by atoms with Crippen molar-refractivity contribution in [2.75, 3.05) is 20.8 Å². The predicted molar refractivity (Wildman–Crippen MR) is 60.5 cm³/mol. The zero-order valence-corrected chi connectivity index (χ0v) is 10.5. The lowest BCUT2D eigenvalue weighted by Crippen LogP contribution is -2.19. The molecular weight excluding hydrogens is 196 g/mol. The van der Waals surface area contributed by atoms with Gasteiger partial charge in [-0.3, -0.25) is 0 Å². The minimum atomic E-state index is -1.41. The Bertz CT molecular complexity index is 188. The van der Waals surface area contributed by atoms with Crippen LogP contribution in [0, 0.1) is 0 Å². The van der Waals surface area contributed by atoms with E-state index in [1.165, 1.54) is 0 Å². The Labute approximate surface area is 88.2 Å². The Hall–Kier alpha value is -0.583. The lowest BCUT2D eigenvalue weighted by molar-refractivity contribution is 0.214. The Balaban J connectivity index is 3.46. The van der Waals surface area contributed by atoms with Crippen LogP contribution in [0.4, 0.5) is 0 Å². The average molecular weight is 216 g/mol. The van der Waals surface area contributed by atoms with E-state index < -0.39 is 9.28 Å². The molecule has 82 valence electrons. The highest BCUT2D eigenvalue weighted by atomic mass is 28.3. The summed E-state index contributed by atoms with van der Waals surface area (Å²) in [5, 5.41) is 0. The molecule has 3 nitrogen and oxygen atoms in total. The molecule has 0 saturated carbocycles. The molecule has 0 bridgehead atoms. The molecule has 0 saturated heterocycles. The summed E-state index contributed by atoms with van der Waals surface area (Å²) in [5.74, 6) is 0.665. The van der Waals surface area contributed by atoms with Gasteiger partial charge in [0, 0.05) is 14.2 Å². The fourth-order valence-corrected chi connectivity index (χ4v) is 2.06. The second-order valence-electron chi connectivity index (χ2n) is 3.10. The Morgan fingerprint density at radius 3 is 2.21 bits per heavy atom. The minimum absolute atomic E-state index is 0.655. The third-order valence-electron chi connectivity index (χ3n) is 1.86. The summed E-state index contributed by atoms with van der Waals surface area (Å²) < 4.78 is 15.7. The van der Waals surface area contributed by atoms with Crippen LogP contribution in [0.1, 0.15) is 13.3 Å². The molecule has 0 aliphatic rings. The van der Waals surface area contributed by atoms with Gasteiger partial charge in [0.25, 0.3) is 0 Å². The Morgan fingerprint density at radius 1 is 1.21 bits per heavy atom. The van der Waals surface area contributed by atoms with Crippen molar-refractivity contribution in [3.8, 4) is 0 Å². The molecule has 0 aromatic rings. The Kier molecular flexibility index (Phi) is 7.46. The zero-order valence-electron chi connectivity index (χ0n) is 9.34. The number of rotatable bonds is 8. The van der Waals surface area contributed by atoms with Crippen molar-refractivity contribution in [3.63, 3.8) is 0 Å². The minimum Gasteiger partial charge on any atom is -0.494 e. The number of hydrogen-bond donors (Lipinski definition) is 0. The molecule has 0 unspecified atom stereocenters. The number of hydrogen-bond acceptors (Lipinski definition) is 3. The fraction of sp³-hybridized carbons (Fsp3) is 0.600. The second kappa shape index (κ2) is 7.79. The van der Waals surface area contributed by atoms with Crippen molar-refractivity contribution in [2.24, 2.45) is 0 Å². The normalized spacial score (nSPS) is 10.3. The van der Waals surface area contributed by atoms with Crippen LogP contribution < -0.4 is 0 Å². The van der Waals surface area contributed by atoms with Gasteiger partial charge in [-0.25, -0.2) is 0 Å².